The maximum Gasteiger partial charge on any atom is 0.147 e. The van der Waals surface area contributed by atoms with Crippen molar-refractivity contribution in [1.29, 1.82) is 0 Å². The van der Waals surface area contributed by atoms with Crippen LogP contribution in [0.3, 0.4) is 0 Å². The lowest BCUT2D eigenvalue weighted by atomic mass is 9.83. The molecular formula is C16H28N4. The third-order valence-electron chi connectivity index (χ3n) is 4.18. The number of nitrogens with zero attached hydrogens (tertiary/aromatic N) is 2. The molecule has 1 heterocycles. The molecule has 1 aromatic rings. The first-order valence-corrected chi connectivity index (χ1v) is 8.16. The summed E-state index contributed by atoms with van der Waals surface area (Å²) in [6.07, 6.45) is 12.8. The predicted octanol–water partition coefficient (Wildman–Crippen LogP) is 4.07. The van der Waals surface area contributed by atoms with Crippen LogP contribution in [0.4, 0.5) is 11.6 Å². The van der Waals surface area contributed by atoms with Gasteiger partial charge in [-0.25, -0.2) is 4.98 Å². The van der Waals surface area contributed by atoms with Gasteiger partial charge in [0.1, 0.15) is 11.6 Å². The van der Waals surface area contributed by atoms with Gasteiger partial charge in [-0.1, -0.05) is 33.1 Å². The normalized spacial score (nSPS) is 17.7. The minimum Gasteiger partial charge on any atom is -0.369 e. The third-order valence-corrected chi connectivity index (χ3v) is 4.18. The van der Waals surface area contributed by atoms with Crippen molar-refractivity contribution < 1.29 is 0 Å². The lowest BCUT2D eigenvalue weighted by molar-refractivity contribution is 0.312. The average molecular weight is 276 g/mol. The molecule has 1 unspecified atom stereocenters. The standard InChI is InChI=1S/C16H28N4/c1-3-10-18-15-11-17-12-16(20-15)19-14(4-2)13-8-6-5-7-9-13/h11-14H,3-10H2,1-2H3,(H2,18,19,20). The smallest absolute Gasteiger partial charge is 0.147 e. The third kappa shape index (κ3) is 4.36. The fraction of sp³-hybridized carbons (Fsp3) is 0.750. The van der Waals surface area contributed by atoms with Gasteiger partial charge in [0.15, 0.2) is 0 Å². The fourth-order valence-electron chi connectivity index (χ4n) is 3.05. The number of hydrogen-bond donors (Lipinski definition) is 2. The Morgan fingerprint density at radius 1 is 1.15 bits per heavy atom. The van der Waals surface area contributed by atoms with Gasteiger partial charge in [0.2, 0.25) is 0 Å². The van der Waals surface area contributed by atoms with Gasteiger partial charge in [-0.3, -0.25) is 4.98 Å². The Labute approximate surface area is 122 Å². The van der Waals surface area contributed by atoms with E-state index >= 15 is 0 Å². The van der Waals surface area contributed by atoms with E-state index in [1.54, 1.807) is 6.20 Å². The van der Waals surface area contributed by atoms with Gasteiger partial charge in [-0.2, -0.15) is 0 Å². The van der Waals surface area contributed by atoms with Crippen LogP contribution < -0.4 is 10.6 Å². The zero-order valence-corrected chi connectivity index (χ0v) is 12.9. The monoisotopic (exact) mass is 276 g/mol. The van der Waals surface area contributed by atoms with Gasteiger partial charge >= 0.3 is 0 Å². The van der Waals surface area contributed by atoms with Crippen LogP contribution in [0, 0.1) is 5.92 Å². The quantitative estimate of drug-likeness (QED) is 0.788. The van der Waals surface area contributed by atoms with E-state index < -0.39 is 0 Å². The summed E-state index contributed by atoms with van der Waals surface area (Å²) in [6, 6.07) is 0.533. The van der Waals surface area contributed by atoms with Crippen molar-refractivity contribution in [1.82, 2.24) is 9.97 Å². The maximum absolute atomic E-state index is 4.61. The SMILES string of the molecule is CCCNc1cncc(NC(CC)C2CCCCC2)n1. The Morgan fingerprint density at radius 3 is 2.60 bits per heavy atom. The van der Waals surface area contributed by atoms with Crippen molar-refractivity contribution >= 4 is 11.6 Å². The van der Waals surface area contributed by atoms with Crippen LogP contribution in [0.15, 0.2) is 12.4 Å². The first kappa shape index (κ1) is 15.1. The molecule has 0 bridgehead atoms. The lowest BCUT2D eigenvalue weighted by Crippen LogP contribution is -2.30. The molecule has 1 aliphatic rings. The first-order valence-electron chi connectivity index (χ1n) is 8.16. The molecule has 0 radical (unpaired) electrons. The Balaban J connectivity index is 1.95. The number of hydrogen-bond acceptors (Lipinski definition) is 4. The Hall–Kier alpha value is -1.32. The lowest BCUT2D eigenvalue weighted by Gasteiger charge is -2.30. The molecule has 1 saturated carbocycles. The molecule has 2 rings (SSSR count). The molecule has 4 nitrogen and oxygen atoms in total. The zero-order valence-electron chi connectivity index (χ0n) is 12.9. The fourth-order valence-corrected chi connectivity index (χ4v) is 3.05. The summed E-state index contributed by atoms with van der Waals surface area (Å²) in [5.74, 6) is 2.57. The zero-order chi connectivity index (χ0) is 14.2. The number of anilines is 2. The van der Waals surface area contributed by atoms with Crippen molar-refractivity contribution in [3.8, 4) is 0 Å². The Morgan fingerprint density at radius 2 is 1.90 bits per heavy atom. The van der Waals surface area contributed by atoms with Crippen LogP contribution in [-0.2, 0) is 0 Å². The molecule has 1 atom stereocenters. The molecule has 1 aromatic heterocycles. The molecule has 0 amide bonds. The van der Waals surface area contributed by atoms with Crippen LogP contribution in [0.5, 0.6) is 0 Å². The molecular weight excluding hydrogens is 248 g/mol. The molecule has 1 aliphatic carbocycles. The largest absolute Gasteiger partial charge is 0.369 e. The number of aromatic nitrogens is 2. The van der Waals surface area contributed by atoms with Gasteiger partial charge in [0.05, 0.1) is 12.4 Å². The summed E-state index contributed by atoms with van der Waals surface area (Å²) in [5.41, 5.74) is 0. The van der Waals surface area contributed by atoms with Crippen molar-refractivity contribution in [3.05, 3.63) is 12.4 Å². The van der Waals surface area contributed by atoms with Crippen LogP contribution in [-0.4, -0.2) is 22.6 Å². The van der Waals surface area contributed by atoms with Crippen LogP contribution in [0.25, 0.3) is 0 Å². The van der Waals surface area contributed by atoms with Gasteiger partial charge in [-0.05, 0) is 31.6 Å². The Bertz CT molecular complexity index is 388. The summed E-state index contributed by atoms with van der Waals surface area (Å²) >= 11 is 0. The van der Waals surface area contributed by atoms with E-state index in [9.17, 15) is 0 Å². The van der Waals surface area contributed by atoms with E-state index in [1.807, 2.05) is 6.20 Å². The highest BCUT2D eigenvalue weighted by Crippen LogP contribution is 2.29. The second kappa shape index (κ2) is 8.08. The summed E-state index contributed by atoms with van der Waals surface area (Å²) in [5, 5.41) is 6.89. The van der Waals surface area contributed by atoms with E-state index in [1.165, 1.54) is 32.1 Å². The number of nitrogens with one attached hydrogen (secondary N) is 2. The molecule has 0 spiro atoms. The van der Waals surface area contributed by atoms with E-state index in [0.717, 1.165) is 36.9 Å². The highest BCUT2D eigenvalue weighted by Gasteiger charge is 2.22. The van der Waals surface area contributed by atoms with E-state index in [0.29, 0.717) is 6.04 Å². The van der Waals surface area contributed by atoms with Crippen LogP contribution in [0.1, 0.15) is 58.8 Å². The van der Waals surface area contributed by atoms with Gasteiger partial charge in [0, 0.05) is 12.6 Å². The van der Waals surface area contributed by atoms with Crippen LogP contribution in [0.2, 0.25) is 0 Å². The average Bonchev–Trinajstić information content (AvgIpc) is 2.52. The van der Waals surface area contributed by atoms with E-state index in [-0.39, 0.29) is 0 Å². The molecule has 112 valence electrons. The van der Waals surface area contributed by atoms with Gasteiger partial charge in [-0.15, -0.1) is 0 Å². The summed E-state index contributed by atoms with van der Waals surface area (Å²) in [6.45, 7) is 5.36. The van der Waals surface area contributed by atoms with Gasteiger partial charge in [0.25, 0.3) is 0 Å². The van der Waals surface area contributed by atoms with Crippen molar-refractivity contribution in [2.75, 3.05) is 17.2 Å². The van der Waals surface area contributed by atoms with E-state index in [4.69, 9.17) is 0 Å². The highest BCUT2D eigenvalue weighted by molar-refractivity contribution is 5.42. The summed E-state index contributed by atoms with van der Waals surface area (Å²) in [4.78, 5) is 8.89. The second-order valence-electron chi connectivity index (χ2n) is 5.77. The molecule has 20 heavy (non-hydrogen) atoms. The minimum absolute atomic E-state index is 0.533. The van der Waals surface area contributed by atoms with Crippen LogP contribution >= 0.6 is 0 Å². The van der Waals surface area contributed by atoms with E-state index in [2.05, 4.69) is 34.4 Å². The molecule has 0 aliphatic heterocycles. The number of rotatable bonds is 7. The second-order valence-corrected chi connectivity index (χ2v) is 5.77. The molecule has 2 N–H and O–H groups in total. The molecule has 0 saturated heterocycles. The highest BCUT2D eigenvalue weighted by atomic mass is 15.1. The van der Waals surface area contributed by atoms with Crippen molar-refractivity contribution in [2.24, 2.45) is 5.92 Å². The molecule has 4 heteroatoms. The Kier molecular flexibility index (Phi) is 6.09. The topological polar surface area (TPSA) is 49.8 Å². The first-order chi connectivity index (χ1) is 9.83. The summed E-state index contributed by atoms with van der Waals surface area (Å²) < 4.78 is 0. The summed E-state index contributed by atoms with van der Waals surface area (Å²) in [7, 11) is 0. The van der Waals surface area contributed by atoms with Gasteiger partial charge < -0.3 is 10.6 Å². The molecule has 0 aromatic carbocycles. The minimum atomic E-state index is 0.533. The van der Waals surface area contributed by atoms with Crippen molar-refractivity contribution in [3.63, 3.8) is 0 Å². The molecule has 1 fully saturated rings. The maximum atomic E-state index is 4.61. The predicted molar refractivity (Wildman–Crippen MR) is 85.1 cm³/mol. The van der Waals surface area contributed by atoms with Crippen molar-refractivity contribution in [2.45, 2.75) is 64.8 Å².